The molecular weight excluding hydrogens is 702 g/mol. The van der Waals surface area contributed by atoms with Crippen molar-refractivity contribution < 1.29 is 43.2 Å². The summed E-state index contributed by atoms with van der Waals surface area (Å²) >= 11 is 0. The van der Waals surface area contributed by atoms with Gasteiger partial charge in [-0.15, -0.1) is 0 Å². The fourth-order valence-electron chi connectivity index (χ4n) is 6.99. The van der Waals surface area contributed by atoms with Crippen LogP contribution in [0.25, 0.3) is 0 Å². The van der Waals surface area contributed by atoms with Crippen LogP contribution in [0.15, 0.2) is 91.0 Å². The topological polar surface area (TPSA) is 136 Å². The zero-order valence-corrected chi connectivity index (χ0v) is 31.6. The Bertz CT molecular complexity index is 1890. The van der Waals surface area contributed by atoms with Gasteiger partial charge < -0.3 is 43.9 Å². The molecule has 0 radical (unpaired) electrons. The van der Waals surface area contributed by atoms with Crippen molar-refractivity contribution in [3.05, 3.63) is 113 Å². The second-order valence-corrected chi connectivity index (χ2v) is 13.8. The molecule has 6 rings (SSSR count). The molecule has 55 heavy (non-hydrogen) atoms. The van der Waals surface area contributed by atoms with Gasteiger partial charge >= 0.3 is 0 Å². The highest BCUT2D eigenvalue weighted by Crippen LogP contribution is 2.39. The Balaban J connectivity index is 1.22. The highest BCUT2D eigenvalue weighted by Gasteiger charge is 2.33. The lowest BCUT2D eigenvalue weighted by Crippen LogP contribution is -2.52. The molecule has 0 saturated carbocycles. The van der Waals surface area contributed by atoms with E-state index in [2.05, 4.69) is 5.32 Å². The lowest BCUT2D eigenvalue weighted by atomic mass is 9.94. The van der Waals surface area contributed by atoms with E-state index in [1.807, 2.05) is 78.9 Å². The standard InChI is InChI=1S/C43H49N3O9/c1-29(47)45-20-17-33(18-21-45)43(50)46(19-16-31-14-15-37-38(23-31)55-28-54-37)26-36(48)35(22-30-10-6-4-7-11-30)44-42(49)34-24-39(51-2)41(40(25-34)52-3)53-27-32-12-8-5-9-13-32/h4-15,23-25,33,35-36,48H,16-22,26-28H2,1-3H3,(H,44,49)/t35-,36-/m0/s1. The predicted molar refractivity (Wildman–Crippen MR) is 206 cm³/mol. The Morgan fingerprint density at radius 3 is 2.13 bits per heavy atom. The molecule has 2 aliphatic rings. The zero-order valence-electron chi connectivity index (χ0n) is 31.6. The molecule has 0 aromatic heterocycles. The van der Waals surface area contributed by atoms with Crippen molar-refractivity contribution in [2.75, 3.05) is 47.2 Å². The number of carbonyl (C=O) groups excluding carboxylic acids is 3. The van der Waals surface area contributed by atoms with Gasteiger partial charge in [0.25, 0.3) is 5.91 Å². The number of benzene rings is 4. The molecule has 4 aromatic rings. The van der Waals surface area contributed by atoms with E-state index in [9.17, 15) is 19.5 Å². The van der Waals surface area contributed by atoms with Crippen molar-refractivity contribution in [2.45, 2.75) is 51.4 Å². The van der Waals surface area contributed by atoms with E-state index in [-0.39, 0.29) is 43.2 Å². The van der Waals surface area contributed by atoms with Gasteiger partial charge in [0.2, 0.25) is 24.4 Å². The first-order chi connectivity index (χ1) is 26.7. The summed E-state index contributed by atoms with van der Waals surface area (Å²) in [6.45, 7) is 3.27. The van der Waals surface area contributed by atoms with Gasteiger partial charge in [0.15, 0.2) is 23.0 Å². The monoisotopic (exact) mass is 751 g/mol. The molecule has 12 heteroatoms. The molecule has 2 aliphatic heterocycles. The second-order valence-electron chi connectivity index (χ2n) is 13.8. The van der Waals surface area contributed by atoms with Crippen LogP contribution in [-0.4, -0.2) is 92.0 Å². The maximum absolute atomic E-state index is 14.2. The van der Waals surface area contributed by atoms with E-state index < -0.39 is 18.1 Å². The molecule has 1 fully saturated rings. The number of nitrogens with one attached hydrogen (secondary N) is 1. The van der Waals surface area contributed by atoms with Crippen LogP contribution in [0.5, 0.6) is 28.7 Å². The quantitative estimate of drug-likeness (QED) is 0.161. The van der Waals surface area contributed by atoms with Crippen molar-refractivity contribution in [1.29, 1.82) is 0 Å². The first-order valence-corrected chi connectivity index (χ1v) is 18.6. The molecule has 3 amide bonds. The normalized spacial score (nSPS) is 14.8. The number of carbonyl (C=O) groups is 3. The van der Waals surface area contributed by atoms with Gasteiger partial charge in [0, 0.05) is 44.6 Å². The largest absolute Gasteiger partial charge is 0.493 e. The summed E-state index contributed by atoms with van der Waals surface area (Å²) in [5, 5.41) is 15.0. The predicted octanol–water partition coefficient (Wildman–Crippen LogP) is 5.04. The Kier molecular flexibility index (Phi) is 13.1. The Labute approximate surface area is 321 Å². The lowest BCUT2D eigenvalue weighted by Gasteiger charge is -2.36. The van der Waals surface area contributed by atoms with Crippen LogP contribution < -0.4 is 29.0 Å². The summed E-state index contributed by atoms with van der Waals surface area (Å²) in [5.74, 6) is 1.46. The third-order valence-electron chi connectivity index (χ3n) is 10.1. The first-order valence-electron chi connectivity index (χ1n) is 18.6. The number of ether oxygens (including phenoxy) is 5. The average Bonchev–Trinajstić information content (AvgIpc) is 3.69. The van der Waals surface area contributed by atoms with E-state index in [0.717, 1.165) is 16.7 Å². The molecule has 290 valence electrons. The van der Waals surface area contributed by atoms with Gasteiger partial charge in [-0.05, 0) is 66.6 Å². The number of nitrogens with zero attached hydrogens (tertiary/aromatic N) is 2. The molecule has 2 atom stereocenters. The van der Waals surface area contributed by atoms with E-state index in [1.165, 1.54) is 21.1 Å². The van der Waals surface area contributed by atoms with Gasteiger partial charge in [-0.3, -0.25) is 14.4 Å². The number of hydrogen-bond acceptors (Lipinski definition) is 9. The van der Waals surface area contributed by atoms with Crippen molar-refractivity contribution >= 4 is 17.7 Å². The lowest BCUT2D eigenvalue weighted by molar-refractivity contribution is -0.141. The number of aliphatic hydroxyl groups excluding tert-OH is 1. The van der Waals surface area contributed by atoms with Crippen molar-refractivity contribution in [2.24, 2.45) is 5.92 Å². The fourth-order valence-corrected chi connectivity index (χ4v) is 6.99. The van der Waals surface area contributed by atoms with Crippen molar-refractivity contribution in [3.8, 4) is 28.7 Å². The van der Waals surface area contributed by atoms with Crippen LogP contribution in [-0.2, 0) is 29.0 Å². The summed E-state index contributed by atoms with van der Waals surface area (Å²) in [4.78, 5) is 43.7. The minimum absolute atomic E-state index is 0.00919. The fraction of sp³-hybridized carbons (Fsp3) is 0.372. The maximum Gasteiger partial charge on any atom is 0.251 e. The first kappa shape index (κ1) is 39.0. The number of piperidine rings is 1. The summed E-state index contributed by atoms with van der Waals surface area (Å²) < 4.78 is 28.4. The van der Waals surface area contributed by atoms with Gasteiger partial charge in [-0.1, -0.05) is 66.7 Å². The number of likely N-dealkylation sites (tertiary alicyclic amines) is 1. The third-order valence-corrected chi connectivity index (χ3v) is 10.1. The van der Waals surface area contributed by atoms with Crippen LogP contribution in [0.3, 0.4) is 0 Å². The summed E-state index contributed by atoms with van der Waals surface area (Å²) in [7, 11) is 2.99. The van der Waals surface area contributed by atoms with E-state index in [0.29, 0.717) is 74.1 Å². The van der Waals surface area contributed by atoms with Crippen LogP contribution in [0.1, 0.15) is 46.8 Å². The van der Waals surface area contributed by atoms with E-state index >= 15 is 0 Å². The Morgan fingerprint density at radius 2 is 1.49 bits per heavy atom. The van der Waals surface area contributed by atoms with Crippen molar-refractivity contribution in [1.82, 2.24) is 15.1 Å². The molecule has 2 heterocycles. The van der Waals surface area contributed by atoms with Gasteiger partial charge in [0.1, 0.15) is 6.61 Å². The van der Waals surface area contributed by atoms with Crippen LogP contribution in [0.2, 0.25) is 0 Å². The molecular formula is C43H49N3O9. The number of hydrogen-bond donors (Lipinski definition) is 2. The molecule has 1 saturated heterocycles. The minimum atomic E-state index is -1.14. The van der Waals surface area contributed by atoms with Gasteiger partial charge in [-0.2, -0.15) is 0 Å². The number of amides is 3. The SMILES string of the molecule is COc1cc(C(=O)N[C@@H](Cc2ccccc2)[C@@H](O)CN(CCc2ccc3c(c2)OCO3)C(=O)C2CCN(C(C)=O)CC2)cc(OC)c1OCc1ccccc1. The molecule has 4 aromatic carbocycles. The molecule has 0 aliphatic carbocycles. The van der Waals surface area contributed by atoms with Gasteiger partial charge in [0.05, 0.1) is 26.4 Å². The number of methoxy groups -OCH3 is 2. The number of fused-ring (bicyclic) bond motifs is 1. The average molecular weight is 752 g/mol. The van der Waals surface area contributed by atoms with Crippen molar-refractivity contribution in [3.63, 3.8) is 0 Å². The minimum Gasteiger partial charge on any atom is -0.493 e. The smallest absolute Gasteiger partial charge is 0.251 e. The van der Waals surface area contributed by atoms with E-state index in [4.69, 9.17) is 23.7 Å². The third kappa shape index (κ3) is 10.1. The van der Waals surface area contributed by atoms with E-state index in [1.54, 1.807) is 21.9 Å². The van der Waals surface area contributed by atoms with Crippen LogP contribution in [0, 0.1) is 5.92 Å². The zero-order chi connectivity index (χ0) is 38.7. The summed E-state index contributed by atoms with van der Waals surface area (Å²) in [6.07, 6.45) is 0.748. The number of rotatable bonds is 16. The highest BCUT2D eigenvalue weighted by atomic mass is 16.7. The highest BCUT2D eigenvalue weighted by molar-refractivity contribution is 5.96. The number of aliphatic hydroxyl groups is 1. The summed E-state index contributed by atoms with van der Waals surface area (Å²) in [5.41, 5.74) is 3.06. The molecule has 0 unspecified atom stereocenters. The Morgan fingerprint density at radius 1 is 0.855 bits per heavy atom. The maximum atomic E-state index is 14.2. The molecule has 0 spiro atoms. The molecule has 12 nitrogen and oxygen atoms in total. The second kappa shape index (κ2) is 18.5. The van der Waals surface area contributed by atoms with Crippen LogP contribution >= 0.6 is 0 Å². The van der Waals surface area contributed by atoms with Crippen LogP contribution in [0.4, 0.5) is 0 Å². The molecule has 2 N–H and O–H groups in total. The Hall–Kier alpha value is -5.75. The van der Waals surface area contributed by atoms with Gasteiger partial charge in [-0.25, -0.2) is 0 Å². The molecule has 0 bridgehead atoms. The summed E-state index contributed by atoms with van der Waals surface area (Å²) in [6, 6.07) is 27.3.